The zero-order chi connectivity index (χ0) is 12.3. The standard InChI is InChI=1S/C13H19N3O/c1-10-5-3-7-13(14-10)16-8-4-6-12(9-16)15-11(2)17/h3,5,7,12H,4,6,8-9H2,1-2H3,(H,15,17)/t12-/m1/s1. The van der Waals surface area contributed by atoms with Crippen LogP contribution in [0.4, 0.5) is 5.82 Å². The number of carbonyl (C=O) groups excluding carboxylic acids is 1. The third kappa shape index (κ3) is 3.19. The van der Waals surface area contributed by atoms with Gasteiger partial charge in [0.2, 0.25) is 5.91 Å². The van der Waals surface area contributed by atoms with Crippen LogP contribution in [0.2, 0.25) is 0 Å². The Morgan fingerprint density at radius 3 is 3.06 bits per heavy atom. The molecule has 1 N–H and O–H groups in total. The second-order valence-electron chi connectivity index (χ2n) is 4.62. The summed E-state index contributed by atoms with van der Waals surface area (Å²) in [5.74, 6) is 1.06. The van der Waals surface area contributed by atoms with Crippen LogP contribution in [0.1, 0.15) is 25.5 Å². The van der Waals surface area contributed by atoms with E-state index in [2.05, 4.69) is 15.2 Å². The predicted molar refractivity (Wildman–Crippen MR) is 68.0 cm³/mol. The molecule has 1 aliphatic rings. The van der Waals surface area contributed by atoms with Gasteiger partial charge in [0.15, 0.2) is 0 Å². The average Bonchev–Trinajstić information content (AvgIpc) is 2.28. The molecule has 0 bridgehead atoms. The summed E-state index contributed by atoms with van der Waals surface area (Å²) in [5, 5.41) is 2.99. The largest absolute Gasteiger partial charge is 0.355 e. The molecule has 92 valence electrons. The first-order chi connectivity index (χ1) is 8.15. The number of hydrogen-bond donors (Lipinski definition) is 1. The number of pyridine rings is 1. The summed E-state index contributed by atoms with van der Waals surface area (Å²) in [4.78, 5) is 17.8. The molecule has 0 radical (unpaired) electrons. The summed E-state index contributed by atoms with van der Waals surface area (Å²) >= 11 is 0. The van der Waals surface area contributed by atoms with Crippen LogP contribution in [0.15, 0.2) is 18.2 Å². The topological polar surface area (TPSA) is 45.2 Å². The van der Waals surface area contributed by atoms with E-state index in [9.17, 15) is 4.79 Å². The van der Waals surface area contributed by atoms with Gasteiger partial charge in [0.25, 0.3) is 0 Å². The van der Waals surface area contributed by atoms with Gasteiger partial charge < -0.3 is 10.2 Å². The molecule has 0 saturated carbocycles. The lowest BCUT2D eigenvalue weighted by atomic mass is 10.1. The van der Waals surface area contributed by atoms with Crippen molar-refractivity contribution in [3.8, 4) is 0 Å². The van der Waals surface area contributed by atoms with Gasteiger partial charge in [0.05, 0.1) is 0 Å². The quantitative estimate of drug-likeness (QED) is 0.842. The molecular weight excluding hydrogens is 214 g/mol. The first-order valence-electron chi connectivity index (χ1n) is 6.11. The van der Waals surface area contributed by atoms with Gasteiger partial charge in [-0.25, -0.2) is 4.98 Å². The Hall–Kier alpha value is -1.58. The van der Waals surface area contributed by atoms with Crippen LogP contribution >= 0.6 is 0 Å². The zero-order valence-electron chi connectivity index (χ0n) is 10.4. The molecule has 1 fully saturated rings. The second-order valence-corrected chi connectivity index (χ2v) is 4.62. The molecular formula is C13H19N3O. The molecule has 2 rings (SSSR count). The fourth-order valence-corrected chi connectivity index (χ4v) is 2.30. The molecule has 1 aromatic heterocycles. The van der Waals surface area contributed by atoms with Crippen molar-refractivity contribution in [1.29, 1.82) is 0 Å². The normalized spacial score (nSPS) is 20.1. The van der Waals surface area contributed by atoms with E-state index >= 15 is 0 Å². The monoisotopic (exact) mass is 233 g/mol. The number of nitrogens with zero attached hydrogens (tertiary/aromatic N) is 2. The van der Waals surface area contributed by atoms with Gasteiger partial charge in [0, 0.05) is 31.7 Å². The lowest BCUT2D eigenvalue weighted by molar-refractivity contribution is -0.119. The van der Waals surface area contributed by atoms with E-state index < -0.39 is 0 Å². The first-order valence-corrected chi connectivity index (χ1v) is 6.11. The highest BCUT2D eigenvalue weighted by Crippen LogP contribution is 2.17. The molecule has 1 aliphatic heterocycles. The van der Waals surface area contributed by atoms with Gasteiger partial charge in [-0.2, -0.15) is 0 Å². The Morgan fingerprint density at radius 2 is 2.35 bits per heavy atom. The van der Waals surface area contributed by atoms with Gasteiger partial charge >= 0.3 is 0 Å². The van der Waals surface area contributed by atoms with Crippen LogP contribution in [-0.2, 0) is 4.79 Å². The summed E-state index contributed by atoms with van der Waals surface area (Å²) in [6.45, 7) is 5.45. The molecule has 1 saturated heterocycles. The van der Waals surface area contributed by atoms with E-state index in [0.29, 0.717) is 0 Å². The summed E-state index contributed by atoms with van der Waals surface area (Å²) in [7, 11) is 0. The Labute approximate surface area is 102 Å². The number of rotatable bonds is 2. The van der Waals surface area contributed by atoms with E-state index in [4.69, 9.17) is 0 Å². The highest BCUT2D eigenvalue weighted by atomic mass is 16.1. The smallest absolute Gasteiger partial charge is 0.217 e. The predicted octanol–water partition coefficient (Wildman–Crippen LogP) is 1.49. The van der Waals surface area contributed by atoms with Gasteiger partial charge in [0.1, 0.15) is 5.82 Å². The maximum Gasteiger partial charge on any atom is 0.217 e. The minimum atomic E-state index is 0.0500. The van der Waals surface area contributed by atoms with Crippen LogP contribution in [0.5, 0.6) is 0 Å². The summed E-state index contributed by atoms with van der Waals surface area (Å²) < 4.78 is 0. The molecule has 1 atom stereocenters. The average molecular weight is 233 g/mol. The lowest BCUT2D eigenvalue weighted by Crippen LogP contribution is -2.47. The van der Waals surface area contributed by atoms with Gasteiger partial charge in [-0.1, -0.05) is 6.07 Å². The van der Waals surface area contributed by atoms with Gasteiger partial charge in [-0.05, 0) is 31.9 Å². The summed E-state index contributed by atoms with van der Waals surface area (Å²) in [6.07, 6.45) is 2.16. The second kappa shape index (κ2) is 5.17. The number of hydrogen-bond acceptors (Lipinski definition) is 3. The van der Waals surface area contributed by atoms with Crippen LogP contribution < -0.4 is 10.2 Å². The third-order valence-electron chi connectivity index (χ3n) is 3.03. The van der Waals surface area contributed by atoms with Crippen LogP contribution in [0.3, 0.4) is 0 Å². The Bertz CT molecular complexity index is 405. The Balaban J connectivity index is 2.04. The number of aromatic nitrogens is 1. The molecule has 0 aromatic carbocycles. The Morgan fingerprint density at radius 1 is 1.53 bits per heavy atom. The number of anilines is 1. The molecule has 2 heterocycles. The lowest BCUT2D eigenvalue weighted by Gasteiger charge is -2.33. The molecule has 4 nitrogen and oxygen atoms in total. The van der Waals surface area contributed by atoms with E-state index in [0.717, 1.165) is 37.4 Å². The van der Waals surface area contributed by atoms with Crippen molar-refractivity contribution in [2.75, 3.05) is 18.0 Å². The van der Waals surface area contributed by atoms with Gasteiger partial charge in [-0.15, -0.1) is 0 Å². The SMILES string of the molecule is CC(=O)N[C@@H]1CCCN(c2cccc(C)n2)C1. The third-order valence-corrected chi connectivity index (χ3v) is 3.03. The molecule has 0 unspecified atom stereocenters. The highest BCUT2D eigenvalue weighted by Gasteiger charge is 2.21. The maximum atomic E-state index is 11.1. The fraction of sp³-hybridized carbons (Fsp3) is 0.538. The first kappa shape index (κ1) is 11.9. The fourth-order valence-electron chi connectivity index (χ4n) is 2.30. The number of piperidine rings is 1. The molecule has 17 heavy (non-hydrogen) atoms. The number of aryl methyl sites for hydroxylation is 1. The summed E-state index contributed by atoms with van der Waals surface area (Å²) in [5.41, 5.74) is 1.03. The highest BCUT2D eigenvalue weighted by molar-refractivity contribution is 5.73. The van der Waals surface area contributed by atoms with Crippen molar-refractivity contribution in [3.05, 3.63) is 23.9 Å². The van der Waals surface area contributed by atoms with Crippen molar-refractivity contribution >= 4 is 11.7 Å². The molecule has 4 heteroatoms. The minimum Gasteiger partial charge on any atom is -0.355 e. The minimum absolute atomic E-state index is 0.0500. The summed E-state index contributed by atoms with van der Waals surface area (Å²) in [6, 6.07) is 6.31. The molecule has 0 spiro atoms. The van der Waals surface area contributed by atoms with E-state index in [-0.39, 0.29) is 11.9 Å². The zero-order valence-corrected chi connectivity index (χ0v) is 10.4. The van der Waals surface area contributed by atoms with Crippen LogP contribution in [0.25, 0.3) is 0 Å². The van der Waals surface area contributed by atoms with Crippen LogP contribution in [-0.4, -0.2) is 30.0 Å². The van der Waals surface area contributed by atoms with Crippen molar-refractivity contribution in [3.63, 3.8) is 0 Å². The van der Waals surface area contributed by atoms with Crippen molar-refractivity contribution in [2.24, 2.45) is 0 Å². The van der Waals surface area contributed by atoms with E-state index in [1.807, 2.05) is 25.1 Å². The molecule has 1 amide bonds. The molecule has 0 aliphatic carbocycles. The van der Waals surface area contributed by atoms with Crippen LogP contribution in [0, 0.1) is 6.92 Å². The molecule has 1 aromatic rings. The van der Waals surface area contributed by atoms with E-state index in [1.54, 1.807) is 6.92 Å². The Kier molecular flexibility index (Phi) is 3.61. The number of carbonyl (C=O) groups is 1. The number of nitrogens with one attached hydrogen (secondary N) is 1. The van der Waals surface area contributed by atoms with Crippen molar-refractivity contribution in [2.45, 2.75) is 32.7 Å². The van der Waals surface area contributed by atoms with Gasteiger partial charge in [-0.3, -0.25) is 4.79 Å². The van der Waals surface area contributed by atoms with E-state index in [1.165, 1.54) is 0 Å². The van der Waals surface area contributed by atoms with Crippen molar-refractivity contribution in [1.82, 2.24) is 10.3 Å². The number of amides is 1. The van der Waals surface area contributed by atoms with Crippen molar-refractivity contribution < 1.29 is 4.79 Å². The maximum absolute atomic E-state index is 11.1.